The lowest BCUT2D eigenvalue weighted by atomic mass is 9.89. The third-order valence-corrected chi connectivity index (χ3v) is 3.30. The molecule has 0 saturated carbocycles. The maximum atomic E-state index is 11.9. The van der Waals surface area contributed by atoms with Crippen LogP contribution in [-0.2, 0) is 16.0 Å². The highest BCUT2D eigenvalue weighted by molar-refractivity contribution is 5.81. The van der Waals surface area contributed by atoms with Gasteiger partial charge in [-0.15, -0.1) is 0 Å². The molecule has 1 aromatic carbocycles. The number of phenols is 1. The number of carbonyl (C=O) groups excluding carboxylic acids is 1. The normalized spacial score (nSPS) is 23.6. The van der Waals surface area contributed by atoms with Crippen molar-refractivity contribution in [3.8, 4) is 5.75 Å². The number of rotatable bonds is 3. The van der Waals surface area contributed by atoms with Crippen LogP contribution in [0.4, 0.5) is 0 Å². The number of benzene rings is 1. The van der Waals surface area contributed by atoms with E-state index in [-0.39, 0.29) is 11.7 Å². The average molecular weight is 235 g/mol. The number of para-hydroxylation sites is 1. The molecule has 17 heavy (non-hydrogen) atoms. The second-order valence-electron chi connectivity index (χ2n) is 4.41. The fraction of sp³-hybridized carbons (Fsp3) is 0.462. The van der Waals surface area contributed by atoms with E-state index < -0.39 is 5.54 Å². The zero-order valence-electron chi connectivity index (χ0n) is 9.90. The first kappa shape index (κ1) is 11.9. The van der Waals surface area contributed by atoms with Crippen LogP contribution >= 0.6 is 0 Å². The van der Waals surface area contributed by atoms with Crippen molar-refractivity contribution in [2.24, 2.45) is 0 Å². The molecule has 0 bridgehead atoms. The molecule has 2 N–H and O–H groups in total. The predicted octanol–water partition coefficient (Wildman–Crippen LogP) is 1.23. The summed E-state index contributed by atoms with van der Waals surface area (Å²) < 4.78 is 4.87. The largest absolute Gasteiger partial charge is 0.508 e. The number of ether oxygens (including phenoxy) is 1. The molecule has 1 fully saturated rings. The Hall–Kier alpha value is -1.55. The Morgan fingerprint density at radius 3 is 2.88 bits per heavy atom. The van der Waals surface area contributed by atoms with Gasteiger partial charge in [-0.3, -0.25) is 4.79 Å². The number of hydrogen-bond acceptors (Lipinski definition) is 4. The zero-order valence-corrected chi connectivity index (χ0v) is 9.90. The van der Waals surface area contributed by atoms with Gasteiger partial charge in [0.05, 0.1) is 7.11 Å². The minimum Gasteiger partial charge on any atom is -0.508 e. The van der Waals surface area contributed by atoms with Gasteiger partial charge in [0.2, 0.25) is 0 Å². The van der Waals surface area contributed by atoms with E-state index in [9.17, 15) is 9.90 Å². The molecular weight excluding hydrogens is 218 g/mol. The number of phenolic OH excluding ortho intramolecular Hbond substituents is 1. The van der Waals surface area contributed by atoms with Crippen LogP contribution in [0.2, 0.25) is 0 Å². The van der Waals surface area contributed by atoms with Gasteiger partial charge in [-0.2, -0.15) is 0 Å². The molecule has 4 nitrogen and oxygen atoms in total. The van der Waals surface area contributed by atoms with Crippen molar-refractivity contribution < 1.29 is 14.6 Å². The molecule has 0 radical (unpaired) electrons. The van der Waals surface area contributed by atoms with Crippen LogP contribution in [0.25, 0.3) is 0 Å². The highest BCUT2D eigenvalue weighted by Crippen LogP contribution is 2.29. The zero-order chi connectivity index (χ0) is 12.3. The van der Waals surface area contributed by atoms with E-state index in [2.05, 4.69) is 5.32 Å². The molecule has 1 saturated heterocycles. The van der Waals surface area contributed by atoms with Gasteiger partial charge in [0, 0.05) is 6.42 Å². The first-order valence-corrected chi connectivity index (χ1v) is 5.78. The van der Waals surface area contributed by atoms with Crippen molar-refractivity contribution in [1.29, 1.82) is 0 Å². The Labute approximate surface area is 101 Å². The van der Waals surface area contributed by atoms with Crippen LogP contribution in [0.1, 0.15) is 18.4 Å². The van der Waals surface area contributed by atoms with E-state index >= 15 is 0 Å². The Kier molecular flexibility index (Phi) is 3.33. The lowest BCUT2D eigenvalue weighted by Gasteiger charge is -2.26. The minimum atomic E-state index is -0.673. The van der Waals surface area contributed by atoms with Crippen LogP contribution in [0.15, 0.2) is 24.3 Å². The maximum Gasteiger partial charge on any atom is 0.326 e. The van der Waals surface area contributed by atoms with Crippen molar-refractivity contribution in [2.45, 2.75) is 24.8 Å². The van der Waals surface area contributed by atoms with Crippen LogP contribution < -0.4 is 5.32 Å². The fourth-order valence-corrected chi connectivity index (χ4v) is 2.38. The van der Waals surface area contributed by atoms with Crippen molar-refractivity contribution in [3.05, 3.63) is 29.8 Å². The van der Waals surface area contributed by atoms with Crippen LogP contribution in [0.5, 0.6) is 5.75 Å². The van der Waals surface area contributed by atoms with Gasteiger partial charge in [0.1, 0.15) is 11.3 Å². The lowest BCUT2D eigenvalue weighted by Crippen LogP contribution is -2.50. The smallest absolute Gasteiger partial charge is 0.326 e. The molecule has 0 aliphatic carbocycles. The standard InChI is InChI=1S/C13H17NO3/c1-17-12(16)13(7-4-8-14-13)9-10-5-2-3-6-11(10)15/h2-3,5-6,14-15H,4,7-9H2,1H3. The molecule has 0 aromatic heterocycles. The summed E-state index contributed by atoms with van der Waals surface area (Å²) in [4.78, 5) is 11.9. The van der Waals surface area contributed by atoms with Gasteiger partial charge in [0.25, 0.3) is 0 Å². The highest BCUT2D eigenvalue weighted by atomic mass is 16.5. The second-order valence-corrected chi connectivity index (χ2v) is 4.41. The highest BCUT2D eigenvalue weighted by Gasteiger charge is 2.42. The summed E-state index contributed by atoms with van der Waals surface area (Å²) in [5.74, 6) is -0.0252. The summed E-state index contributed by atoms with van der Waals surface area (Å²) >= 11 is 0. The van der Waals surface area contributed by atoms with E-state index in [0.717, 1.165) is 24.9 Å². The second kappa shape index (κ2) is 4.75. The lowest BCUT2D eigenvalue weighted by molar-refractivity contribution is -0.148. The maximum absolute atomic E-state index is 11.9. The number of carbonyl (C=O) groups is 1. The fourth-order valence-electron chi connectivity index (χ4n) is 2.38. The van der Waals surface area contributed by atoms with Crippen molar-refractivity contribution in [3.63, 3.8) is 0 Å². The molecule has 1 atom stereocenters. The van der Waals surface area contributed by atoms with E-state index in [4.69, 9.17) is 4.74 Å². The molecule has 0 amide bonds. The Balaban J connectivity index is 2.25. The molecule has 1 aliphatic rings. The Morgan fingerprint density at radius 2 is 2.29 bits per heavy atom. The number of esters is 1. The third-order valence-electron chi connectivity index (χ3n) is 3.30. The van der Waals surface area contributed by atoms with Crippen LogP contribution in [0.3, 0.4) is 0 Å². The molecular formula is C13H17NO3. The van der Waals surface area contributed by atoms with Gasteiger partial charge < -0.3 is 15.2 Å². The van der Waals surface area contributed by atoms with Crippen molar-refractivity contribution >= 4 is 5.97 Å². The summed E-state index contributed by atoms with van der Waals surface area (Å²) in [6.07, 6.45) is 2.16. The number of nitrogens with one attached hydrogen (secondary N) is 1. The minimum absolute atomic E-state index is 0.226. The SMILES string of the molecule is COC(=O)C1(Cc2ccccc2O)CCCN1. The summed E-state index contributed by atoms with van der Waals surface area (Å²) in [6.45, 7) is 0.808. The van der Waals surface area contributed by atoms with E-state index in [0.29, 0.717) is 6.42 Å². The summed E-state index contributed by atoms with van der Waals surface area (Å²) in [6, 6.07) is 7.09. The van der Waals surface area contributed by atoms with E-state index in [1.165, 1.54) is 7.11 Å². The molecule has 4 heteroatoms. The number of methoxy groups -OCH3 is 1. The molecule has 1 aliphatic heterocycles. The van der Waals surface area contributed by atoms with Crippen molar-refractivity contribution in [2.75, 3.05) is 13.7 Å². The van der Waals surface area contributed by atoms with Gasteiger partial charge in [-0.05, 0) is 31.0 Å². The topological polar surface area (TPSA) is 58.6 Å². The predicted molar refractivity (Wildman–Crippen MR) is 63.8 cm³/mol. The third kappa shape index (κ3) is 2.26. The number of hydrogen-bond donors (Lipinski definition) is 2. The van der Waals surface area contributed by atoms with E-state index in [1.54, 1.807) is 12.1 Å². The molecule has 92 valence electrons. The molecule has 0 spiro atoms. The first-order chi connectivity index (χ1) is 8.18. The molecule has 2 rings (SSSR count). The summed E-state index contributed by atoms with van der Waals surface area (Å²) in [7, 11) is 1.40. The first-order valence-electron chi connectivity index (χ1n) is 5.78. The molecule has 1 aromatic rings. The average Bonchev–Trinajstić information content (AvgIpc) is 2.81. The molecule has 1 unspecified atom stereocenters. The molecule has 1 heterocycles. The monoisotopic (exact) mass is 235 g/mol. The van der Waals surface area contributed by atoms with Gasteiger partial charge in [-0.1, -0.05) is 18.2 Å². The quantitative estimate of drug-likeness (QED) is 0.774. The Morgan fingerprint density at radius 1 is 1.53 bits per heavy atom. The Bertz CT molecular complexity index is 411. The van der Waals surface area contributed by atoms with Gasteiger partial charge in [-0.25, -0.2) is 0 Å². The van der Waals surface area contributed by atoms with Crippen LogP contribution in [0, 0.1) is 0 Å². The summed E-state index contributed by atoms with van der Waals surface area (Å²) in [5, 5.41) is 13.0. The van der Waals surface area contributed by atoms with Crippen molar-refractivity contribution in [1.82, 2.24) is 5.32 Å². The van der Waals surface area contributed by atoms with Gasteiger partial charge >= 0.3 is 5.97 Å². The van der Waals surface area contributed by atoms with E-state index in [1.807, 2.05) is 12.1 Å². The van der Waals surface area contributed by atoms with Crippen LogP contribution in [-0.4, -0.2) is 30.3 Å². The van der Waals surface area contributed by atoms with Gasteiger partial charge in [0.15, 0.2) is 0 Å². The number of aromatic hydroxyl groups is 1. The summed E-state index contributed by atoms with van der Waals surface area (Å²) in [5.41, 5.74) is 0.0976.